The van der Waals surface area contributed by atoms with Crippen LogP contribution >= 0.6 is 0 Å². The number of ether oxygens (including phenoxy) is 1. The summed E-state index contributed by atoms with van der Waals surface area (Å²) in [6.45, 7) is 3.11. The van der Waals surface area contributed by atoms with Crippen LogP contribution in [0.25, 0.3) is 28.3 Å². The number of anilines is 2. The van der Waals surface area contributed by atoms with Crippen LogP contribution in [-0.4, -0.2) is 47.4 Å². The highest BCUT2D eigenvalue weighted by atomic mass is 19.1. The molecule has 4 aromatic rings. The highest BCUT2D eigenvalue weighted by molar-refractivity contribution is 5.91. The Bertz CT molecular complexity index is 1980. The minimum Gasteiger partial charge on any atom is -0.504 e. The van der Waals surface area contributed by atoms with Gasteiger partial charge in [0, 0.05) is 59.8 Å². The third-order valence-electron chi connectivity index (χ3n) is 8.31. The van der Waals surface area contributed by atoms with Gasteiger partial charge in [-0.25, -0.2) is 19.2 Å². The number of carbonyl (C=O) groups excluding carboxylic acids is 1. The van der Waals surface area contributed by atoms with Crippen LogP contribution in [0.5, 0.6) is 11.5 Å². The first-order chi connectivity index (χ1) is 23.2. The Morgan fingerprint density at radius 3 is 2.50 bits per heavy atom. The fraction of sp³-hybridized carbons (Fsp3) is 0.222. The molecule has 1 amide bonds. The van der Waals surface area contributed by atoms with Gasteiger partial charge in [-0.05, 0) is 72.4 Å². The second-order valence-corrected chi connectivity index (χ2v) is 11.2. The zero-order valence-electron chi connectivity index (χ0n) is 26.2. The highest BCUT2D eigenvalue weighted by Crippen LogP contribution is 2.42. The number of pyridine rings is 1. The minimum absolute atomic E-state index is 0.0589. The standard InChI is InChI=1S/C36H32F2N6O4/c1-3-22-14-21(5-9-34(46)43-47)4-8-31(22)42-25-10-12-44(13-11-25)36-27(19-40)35(23-6-7-24(18-39)29(37)15-23)28(20-41-36)26-16-32(45)33(48-2)17-30(26)38/h4-9,14-17,20,25,42,45,47H,3,10-13H2,1-2H3,(H,43,46)/b9-5+. The normalized spacial score (nSPS) is 13.2. The summed E-state index contributed by atoms with van der Waals surface area (Å²) in [5.74, 6) is -2.19. The number of nitriles is 2. The van der Waals surface area contributed by atoms with Crippen molar-refractivity contribution < 1.29 is 28.6 Å². The number of piperidine rings is 1. The van der Waals surface area contributed by atoms with E-state index in [0.717, 1.165) is 35.4 Å². The molecule has 3 aromatic carbocycles. The highest BCUT2D eigenvalue weighted by Gasteiger charge is 2.27. The first kappa shape index (κ1) is 33.4. The van der Waals surface area contributed by atoms with E-state index in [4.69, 9.17) is 9.94 Å². The predicted octanol–water partition coefficient (Wildman–Crippen LogP) is 6.31. The van der Waals surface area contributed by atoms with E-state index in [1.54, 1.807) is 17.6 Å². The molecular weight excluding hydrogens is 618 g/mol. The zero-order valence-corrected chi connectivity index (χ0v) is 26.2. The van der Waals surface area contributed by atoms with Gasteiger partial charge in [-0.15, -0.1) is 0 Å². The van der Waals surface area contributed by atoms with Gasteiger partial charge in [-0.2, -0.15) is 10.5 Å². The van der Waals surface area contributed by atoms with Gasteiger partial charge in [0.1, 0.15) is 35.2 Å². The van der Waals surface area contributed by atoms with Crippen LogP contribution in [0.15, 0.2) is 60.8 Å². The molecule has 12 heteroatoms. The monoisotopic (exact) mass is 650 g/mol. The number of carbonyl (C=O) groups is 1. The largest absolute Gasteiger partial charge is 0.504 e. The molecule has 48 heavy (non-hydrogen) atoms. The van der Waals surface area contributed by atoms with Crippen molar-refractivity contribution in [3.05, 3.63) is 94.7 Å². The third-order valence-corrected chi connectivity index (χ3v) is 8.31. The number of hydrogen-bond donors (Lipinski definition) is 4. The lowest BCUT2D eigenvalue weighted by Gasteiger charge is -2.35. The van der Waals surface area contributed by atoms with Crippen LogP contribution in [0.4, 0.5) is 20.3 Å². The number of hydroxylamine groups is 1. The average Bonchev–Trinajstić information content (AvgIpc) is 3.11. The number of benzene rings is 3. The van der Waals surface area contributed by atoms with Crippen LogP contribution in [0.3, 0.4) is 0 Å². The molecule has 10 nitrogen and oxygen atoms in total. The van der Waals surface area contributed by atoms with Gasteiger partial charge in [0.15, 0.2) is 11.5 Å². The van der Waals surface area contributed by atoms with Gasteiger partial charge < -0.3 is 20.1 Å². The number of amides is 1. The fourth-order valence-corrected chi connectivity index (χ4v) is 5.84. The van der Waals surface area contributed by atoms with E-state index in [-0.39, 0.29) is 50.9 Å². The van der Waals surface area contributed by atoms with E-state index in [9.17, 15) is 24.8 Å². The number of nitrogens with zero attached hydrogens (tertiary/aromatic N) is 4. The summed E-state index contributed by atoms with van der Waals surface area (Å²) in [5.41, 5.74) is 4.90. The molecule has 5 rings (SSSR count). The molecule has 0 aliphatic carbocycles. The summed E-state index contributed by atoms with van der Waals surface area (Å²) in [7, 11) is 1.29. The number of aromatic nitrogens is 1. The molecule has 0 atom stereocenters. The summed E-state index contributed by atoms with van der Waals surface area (Å²) in [4.78, 5) is 17.9. The van der Waals surface area contributed by atoms with E-state index >= 15 is 4.39 Å². The van der Waals surface area contributed by atoms with Gasteiger partial charge in [-0.1, -0.05) is 19.1 Å². The van der Waals surface area contributed by atoms with Crippen molar-refractivity contribution in [2.24, 2.45) is 0 Å². The van der Waals surface area contributed by atoms with Crippen LogP contribution < -0.4 is 20.4 Å². The van der Waals surface area contributed by atoms with E-state index < -0.39 is 17.5 Å². The molecule has 244 valence electrons. The molecule has 0 saturated carbocycles. The fourth-order valence-electron chi connectivity index (χ4n) is 5.84. The topological polar surface area (TPSA) is 155 Å². The number of halogens is 2. The van der Waals surface area contributed by atoms with E-state index in [1.165, 1.54) is 37.6 Å². The number of methoxy groups -OCH3 is 1. The summed E-state index contributed by atoms with van der Waals surface area (Å²) >= 11 is 0. The Hall–Kier alpha value is -5.98. The number of phenols is 1. The Morgan fingerprint density at radius 2 is 1.85 bits per heavy atom. The maximum Gasteiger partial charge on any atom is 0.267 e. The average molecular weight is 651 g/mol. The molecule has 1 fully saturated rings. The second kappa shape index (κ2) is 14.6. The van der Waals surface area contributed by atoms with E-state index in [1.807, 2.05) is 30.0 Å². The summed E-state index contributed by atoms with van der Waals surface area (Å²) in [6.07, 6.45) is 6.43. The Kier molecular flexibility index (Phi) is 10.2. The Labute approximate surface area is 276 Å². The zero-order chi connectivity index (χ0) is 34.4. The molecule has 2 heterocycles. The van der Waals surface area contributed by atoms with E-state index in [0.29, 0.717) is 31.7 Å². The number of hydrogen-bond acceptors (Lipinski definition) is 9. The molecule has 1 aliphatic heterocycles. The van der Waals surface area contributed by atoms with Gasteiger partial charge in [0.05, 0.1) is 12.7 Å². The van der Waals surface area contributed by atoms with Gasteiger partial charge in [0.2, 0.25) is 0 Å². The Balaban J connectivity index is 1.46. The number of phenolic OH excluding ortho intramolecular Hbond substituents is 1. The van der Waals surface area contributed by atoms with Crippen molar-refractivity contribution in [2.45, 2.75) is 32.2 Å². The van der Waals surface area contributed by atoms with Crippen molar-refractivity contribution in [1.82, 2.24) is 10.5 Å². The number of aryl methyl sites for hydroxylation is 1. The smallest absolute Gasteiger partial charge is 0.267 e. The molecule has 0 radical (unpaired) electrons. The van der Waals surface area contributed by atoms with Gasteiger partial charge in [0.25, 0.3) is 5.91 Å². The van der Waals surface area contributed by atoms with Crippen molar-refractivity contribution in [3.63, 3.8) is 0 Å². The first-order valence-electron chi connectivity index (χ1n) is 15.2. The van der Waals surface area contributed by atoms with Gasteiger partial charge in [-0.3, -0.25) is 10.0 Å². The minimum atomic E-state index is -0.792. The second-order valence-electron chi connectivity index (χ2n) is 11.2. The van der Waals surface area contributed by atoms with Crippen LogP contribution in [0.1, 0.15) is 42.0 Å². The molecule has 1 saturated heterocycles. The third kappa shape index (κ3) is 6.89. The van der Waals surface area contributed by atoms with Crippen molar-refractivity contribution in [2.75, 3.05) is 30.4 Å². The van der Waals surface area contributed by atoms with Crippen LogP contribution in [0.2, 0.25) is 0 Å². The maximum atomic E-state index is 15.4. The van der Waals surface area contributed by atoms with Crippen LogP contribution in [0, 0.1) is 34.3 Å². The summed E-state index contributed by atoms with van der Waals surface area (Å²) in [6, 6.07) is 16.0. The quantitative estimate of drug-likeness (QED) is 0.0926. The Morgan fingerprint density at radius 1 is 1.08 bits per heavy atom. The molecule has 4 N–H and O–H groups in total. The molecule has 1 aromatic heterocycles. The lowest BCUT2D eigenvalue weighted by atomic mass is 9.90. The lowest BCUT2D eigenvalue weighted by molar-refractivity contribution is -0.124. The molecular formula is C36H32F2N6O4. The van der Waals surface area contributed by atoms with Gasteiger partial charge >= 0.3 is 0 Å². The van der Waals surface area contributed by atoms with Crippen molar-refractivity contribution in [1.29, 1.82) is 10.5 Å². The van der Waals surface area contributed by atoms with Crippen molar-refractivity contribution in [3.8, 4) is 45.9 Å². The van der Waals surface area contributed by atoms with E-state index in [2.05, 4.69) is 16.4 Å². The van der Waals surface area contributed by atoms with Crippen LogP contribution in [-0.2, 0) is 11.2 Å². The molecule has 0 bridgehead atoms. The molecule has 0 spiro atoms. The first-order valence-corrected chi connectivity index (χ1v) is 15.2. The maximum absolute atomic E-state index is 15.4. The number of aromatic hydroxyl groups is 1. The molecule has 0 unspecified atom stereocenters. The van der Waals surface area contributed by atoms with Crippen molar-refractivity contribution >= 4 is 23.5 Å². The SMILES string of the molecule is CCc1cc(/C=C/C(=O)NO)ccc1NC1CCN(c2ncc(-c3cc(O)c(OC)cc3F)c(-c3ccc(C#N)c(F)c3)c2C#N)CC1. The lowest BCUT2D eigenvalue weighted by Crippen LogP contribution is -2.40. The summed E-state index contributed by atoms with van der Waals surface area (Å²) in [5, 5.41) is 42.5. The summed E-state index contributed by atoms with van der Waals surface area (Å²) < 4.78 is 35.3. The predicted molar refractivity (Wildman–Crippen MR) is 176 cm³/mol. The number of rotatable bonds is 9. The number of nitrogens with one attached hydrogen (secondary N) is 2. The molecule has 1 aliphatic rings.